The summed E-state index contributed by atoms with van der Waals surface area (Å²) in [5, 5.41) is 5.44. The second-order valence-corrected chi connectivity index (χ2v) is 5.29. The maximum Gasteiger partial charge on any atom is 0.387 e. The van der Waals surface area contributed by atoms with E-state index in [1.807, 2.05) is 0 Å². The van der Waals surface area contributed by atoms with Gasteiger partial charge < -0.3 is 24.8 Å². The van der Waals surface area contributed by atoms with E-state index in [1.54, 1.807) is 19.1 Å². The van der Waals surface area contributed by atoms with Crippen molar-refractivity contribution in [1.29, 1.82) is 0 Å². The van der Waals surface area contributed by atoms with E-state index >= 15 is 0 Å². The zero-order chi connectivity index (χ0) is 17.4. The van der Waals surface area contributed by atoms with Crippen LogP contribution in [0.3, 0.4) is 0 Å². The standard InChI is InChI=1S/C16H22F2N2O4/c1-2-22-14-8-11(5-6-13(14)24-15(17)18)9-19-16(21)20-10-12-4-3-7-23-12/h5-6,8,12,15H,2-4,7,9-10H2,1H3,(H2,19,20,21)/t12-/m0/s1. The molecule has 0 bridgehead atoms. The van der Waals surface area contributed by atoms with Gasteiger partial charge in [0.05, 0.1) is 12.7 Å². The van der Waals surface area contributed by atoms with Crippen LogP contribution >= 0.6 is 0 Å². The van der Waals surface area contributed by atoms with E-state index in [0.717, 1.165) is 19.4 Å². The summed E-state index contributed by atoms with van der Waals surface area (Å²) in [5.41, 5.74) is 0.715. The molecule has 2 rings (SSSR count). The largest absolute Gasteiger partial charge is 0.490 e. The Morgan fingerprint density at radius 2 is 2.21 bits per heavy atom. The topological polar surface area (TPSA) is 68.8 Å². The third-order valence-corrected chi connectivity index (χ3v) is 3.49. The lowest BCUT2D eigenvalue weighted by molar-refractivity contribution is -0.0514. The van der Waals surface area contributed by atoms with Crippen molar-refractivity contribution in [3.05, 3.63) is 23.8 Å². The predicted octanol–water partition coefficient (Wildman–Crippen LogP) is 2.66. The quantitative estimate of drug-likeness (QED) is 0.761. The number of ether oxygens (including phenoxy) is 3. The van der Waals surface area contributed by atoms with Crippen molar-refractivity contribution in [3.63, 3.8) is 0 Å². The Hall–Kier alpha value is -2.09. The van der Waals surface area contributed by atoms with E-state index in [9.17, 15) is 13.6 Å². The van der Waals surface area contributed by atoms with Crippen molar-refractivity contribution in [2.75, 3.05) is 19.8 Å². The molecule has 134 valence electrons. The molecule has 0 unspecified atom stereocenters. The molecule has 1 atom stereocenters. The summed E-state index contributed by atoms with van der Waals surface area (Å²) in [6.07, 6.45) is 2.04. The summed E-state index contributed by atoms with van der Waals surface area (Å²) in [7, 11) is 0. The van der Waals surface area contributed by atoms with Crippen LogP contribution in [-0.4, -0.2) is 38.5 Å². The zero-order valence-electron chi connectivity index (χ0n) is 13.5. The van der Waals surface area contributed by atoms with Crippen LogP contribution in [0.2, 0.25) is 0 Å². The first-order valence-corrected chi connectivity index (χ1v) is 7.92. The van der Waals surface area contributed by atoms with E-state index < -0.39 is 6.61 Å². The van der Waals surface area contributed by atoms with Crippen molar-refractivity contribution in [2.45, 2.75) is 39.0 Å². The number of urea groups is 1. The minimum atomic E-state index is -2.92. The Balaban J connectivity index is 1.84. The van der Waals surface area contributed by atoms with Gasteiger partial charge in [0.25, 0.3) is 0 Å². The van der Waals surface area contributed by atoms with Gasteiger partial charge in [-0.05, 0) is 37.5 Å². The minimum Gasteiger partial charge on any atom is -0.490 e. The highest BCUT2D eigenvalue weighted by Gasteiger charge is 2.16. The van der Waals surface area contributed by atoms with Gasteiger partial charge in [-0.1, -0.05) is 6.07 Å². The van der Waals surface area contributed by atoms with E-state index in [1.165, 1.54) is 6.07 Å². The SMILES string of the molecule is CCOc1cc(CNC(=O)NC[C@@H]2CCCO2)ccc1OC(F)F. The van der Waals surface area contributed by atoms with Crippen LogP contribution < -0.4 is 20.1 Å². The summed E-state index contributed by atoms with van der Waals surface area (Å²) in [6.45, 7) is 0.593. The van der Waals surface area contributed by atoms with Crippen LogP contribution in [0, 0.1) is 0 Å². The second-order valence-electron chi connectivity index (χ2n) is 5.29. The van der Waals surface area contributed by atoms with E-state index in [4.69, 9.17) is 9.47 Å². The van der Waals surface area contributed by atoms with Crippen LogP contribution in [0.4, 0.5) is 13.6 Å². The van der Waals surface area contributed by atoms with Crippen molar-refractivity contribution in [1.82, 2.24) is 10.6 Å². The third kappa shape index (κ3) is 5.84. The molecule has 0 radical (unpaired) electrons. The average molecular weight is 344 g/mol. The summed E-state index contributed by atoms with van der Waals surface area (Å²) in [4.78, 5) is 11.8. The van der Waals surface area contributed by atoms with E-state index in [2.05, 4.69) is 15.4 Å². The fraction of sp³-hybridized carbons (Fsp3) is 0.562. The molecule has 1 heterocycles. The number of alkyl halides is 2. The van der Waals surface area contributed by atoms with Crippen LogP contribution in [0.5, 0.6) is 11.5 Å². The molecule has 2 amide bonds. The Labute approximate surface area is 139 Å². The summed E-state index contributed by atoms with van der Waals surface area (Å²) in [5.74, 6) is 0.190. The van der Waals surface area contributed by atoms with Crippen molar-refractivity contribution in [3.8, 4) is 11.5 Å². The molecular formula is C16H22F2N2O4. The molecule has 0 aliphatic carbocycles. The van der Waals surface area contributed by atoms with Gasteiger partial charge in [0.1, 0.15) is 0 Å². The molecule has 0 saturated carbocycles. The third-order valence-electron chi connectivity index (χ3n) is 3.49. The lowest BCUT2D eigenvalue weighted by Gasteiger charge is -2.14. The van der Waals surface area contributed by atoms with E-state index in [-0.39, 0.29) is 30.2 Å². The van der Waals surface area contributed by atoms with Gasteiger partial charge in [-0.3, -0.25) is 0 Å². The van der Waals surface area contributed by atoms with Crippen molar-refractivity contribution < 1.29 is 27.8 Å². The fourth-order valence-electron chi connectivity index (χ4n) is 2.38. The normalized spacial score (nSPS) is 16.9. The Morgan fingerprint density at radius 3 is 2.88 bits per heavy atom. The number of amides is 2. The monoisotopic (exact) mass is 344 g/mol. The number of halogens is 2. The van der Waals surface area contributed by atoms with Gasteiger partial charge in [0.15, 0.2) is 11.5 Å². The maximum absolute atomic E-state index is 12.4. The summed E-state index contributed by atoms with van der Waals surface area (Å²) >= 11 is 0. The van der Waals surface area contributed by atoms with Crippen LogP contribution in [0.1, 0.15) is 25.3 Å². The smallest absolute Gasteiger partial charge is 0.387 e. The number of hydrogen-bond acceptors (Lipinski definition) is 4. The highest BCUT2D eigenvalue weighted by molar-refractivity contribution is 5.73. The first-order chi connectivity index (χ1) is 11.6. The summed E-state index contributed by atoms with van der Waals surface area (Å²) in [6, 6.07) is 4.26. The van der Waals surface area contributed by atoms with Crippen LogP contribution in [-0.2, 0) is 11.3 Å². The van der Waals surface area contributed by atoms with Crippen molar-refractivity contribution in [2.24, 2.45) is 0 Å². The molecule has 6 nitrogen and oxygen atoms in total. The van der Waals surface area contributed by atoms with Gasteiger partial charge >= 0.3 is 12.6 Å². The number of nitrogens with one attached hydrogen (secondary N) is 2. The highest BCUT2D eigenvalue weighted by atomic mass is 19.3. The van der Waals surface area contributed by atoms with Gasteiger partial charge in [0, 0.05) is 19.7 Å². The molecular weight excluding hydrogens is 322 g/mol. The van der Waals surface area contributed by atoms with Gasteiger partial charge in [-0.25, -0.2) is 4.79 Å². The molecule has 1 aromatic carbocycles. The fourth-order valence-corrected chi connectivity index (χ4v) is 2.38. The molecule has 1 saturated heterocycles. The molecule has 1 aliphatic rings. The average Bonchev–Trinajstić information content (AvgIpc) is 3.06. The Kier molecular flexibility index (Phi) is 7.05. The first kappa shape index (κ1) is 18.3. The number of rotatable bonds is 8. The number of hydrogen-bond donors (Lipinski definition) is 2. The lowest BCUT2D eigenvalue weighted by atomic mass is 10.2. The highest BCUT2D eigenvalue weighted by Crippen LogP contribution is 2.29. The maximum atomic E-state index is 12.4. The van der Waals surface area contributed by atoms with Gasteiger partial charge in [-0.2, -0.15) is 8.78 Å². The van der Waals surface area contributed by atoms with Crippen LogP contribution in [0.15, 0.2) is 18.2 Å². The Bertz CT molecular complexity index is 537. The Morgan fingerprint density at radius 1 is 1.38 bits per heavy atom. The molecule has 0 aromatic heterocycles. The molecule has 24 heavy (non-hydrogen) atoms. The number of carbonyl (C=O) groups excluding carboxylic acids is 1. The molecule has 8 heteroatoms. The van der Waals surface area contributed by atoms with Crippen molar-refractivity contribution >= 4 is 6.03 Å². The molecule has 1 fully saturated rings. The lowest BCUT2D eigenvalue weighted by Crippen LogP contribution is -2.39. The second kappa shape index (κ2) is 9.27. The first-order valence-electron chi connectivity index (χ1n) is 7.92. The predicted molar refractivity (Wildman–Crippen MR) is 83.5 cm³/mol. The molecule has 1 aromatic rings. The summed E-state index contributed by atoms with van der Waals surface area (Å²) < 4.78 is 39.8. The molecule has 0 spiro atoms. The number of carbonyl (C=O) groups is 1. The zero-order valence-corrected chi connectivity index (χ0v) is 13.5. The molecule has 2 N–H and O–H groups in total. The molecule has 1 aliphatic heterocycles. The van der Waals surface area contributed by atoms with Gasteiger partial charge in [-0.15, -0.1) is 0 Å². The number of benzene rings is 1. The minimum absolute atomic E-state index is 0.0292. The van der Waals surface area contributed by atoms with E-state index in [0.29, 0.717) is 18.7 Å². The van der Waals surface area contributed by atoms with Gasteiger partial charge in [0.2, 0.25) is 0 Å². The van der Waals surface area contributed by atoms with Crippen LogP contribution in [0.25, 0.3) is 0 Å².